The fraction of sp³-hybridized carbons (Fsp3) is 0.250. The summed E-state index contributed by atoms with van der Waals surface area (Å²) in [6.45, 7) is 1.60. The number of hydrogen-bond acceptors (Lipinski definition) is 4. The van der Waals surface area contributed by atoms with E-state index >= 15 is 0 Å². The number of carbonyl (C=O) groups excluding carboxylic acids is 1. The maximum absolute atomic E-state index is 10.5. The van der Waals surface area contributed by atoms with Crippen molar-refractivity contribution in [1.29, 1.82) is 0 Å². The fourth-order valence-corrected chi connectivity index (χ4v) is 1.04. The van der Waals surface area contributed by atoms with Crippen LogP contribution in [0, 0.1) is 10.1 Å². The Morgan fingerprint density at radius 2 is 2.29 bits per heavy atom. The lowest BCUT2D eigenvalue weighted by molar-refractivity contribution is -0.692. The molecule has 0 saturated carbocycles. The van der Waals surface area contributed by atoms with Gasteiger partial charge >= 0.3 is 5.69 Å². The number of nitrogen functional groups attached to an aromatic ring is 1. The molecule has 1 aromatic rings. The van der Waals surface area contributed by atoms with Crippen molar-refractivity contribution in [2.45, 2.75) is 13.0 Å². The zero-order valence-corrected chi connectivity index (χ0v) is 7.58. The monoisotopic (exact) mass is 196 g/mol. The van der Waals surface area contributed by atoms with Gasteiger partial charge in [0.05, 0.1) is 4.92 Å². The molecule has 0 fully saturated rings. The summed E-state index contributed by atoms with van der Waals surface area (Å²) < 4.78 is 1.35. The Hall–Kier alpha value is -1.98. The number of nitrogens with two attached hydrogens (primary N) is 1. The number of aldehydes is 1. The summed E-state index contributed by atoms with van der Waals surface area (Å²) in [4.78, 5) is 20.4. The van der Waals surface area contributed by atoms with Gasteiger partial charge in [-0.1, -0.05) is 0 Å². The lowest BCUT2D eigenvalue weighted by atomic mass is 10.3. The minimum atomic E-state index is -0.534. The predicted molar refractivity (Wildman–Crippen MR) is 48.5 cm³/mol. The summed E-state index contributed by atoms with van der Waals surface area (Å²) in [7, 11) is 0. The highest BCUT2D eigenvalue weighted by Gasteiger charge is 2.17. The van der Waals surface area contributed by atoms with E-state index in [2.05, 4.69) is 0 Å². The summed E-state index contributed by atoms with van der Waals surface area (Å²) in [6.07, 6.45) is 1.91. The van der Waals surface area contributed by atoms with Gasteiger partial charge in [0.1, 0.15) is 0 Å². The van der Waals surface area contributed by atoms with E-state index < -0.39 is 11.0 Å². The molecule has 0 aromatic carbocycles. The number of nitro groups is 1. The van der Waals surface area contributed by atoms with Crippen molar-refractivity contribution >= 4 is 17.8 Å². The Morgan fingerprint density at radius 3 is 2.79 bits per heavy atom. The van der Waals surface area contributed by atoms with Crippen molar-refractivity contribution in [1.82, 2.24) is 0 Å². The first kappa shape index (κ1) is 10.1. The van der Waals surface area contributed by atoms with Gasteiger partial charge in [0.25, 0.3) is 5.82 Å². The number of aromatic nitrogens is 1. The van der Waals surface area contributed by atoms with Crippen LogP contribution in [0.3, 0.4) is 0 Å². The van der Waals surface area contributed by atoms with Gasteiger partial charge in [0, 0.05) is 12.1 Å². The molecule has 0 aliphatic rings. The van der Waals surface area contributed by atoms with Gasteiger partial charge in [-0.05, 0) is 6.92 Å². The van der Waals surface area contributed by atoms with Crippen molar-refractivity contribution in [2.24, 2.45) is 0 Å². The summed E-state index contributed by atoms with van der Waals surface area (Å²) >= 11 is 0. The number of hydrogen-bond donors (Lipinski definition) is 1. The van der Waals surface area contributed by atoms with Crippen molar-refractivity contribution in [3.8, 4) is 0 Å². The number of carbonyl (C=O) groups is 1. The van der Waals surface area contributed by atoms with E-state index in [0.29, 0.717) is 12.1 Å². The SMILES string of the molecule is CC(C=O)[n+]1cc([N+](=O)[O-])ccc1N. The lowest BCUT2D eigenvalue weighted by Crippen LogP contribution is -2.41. The zero-order chi connectivity index (χ0) is 10.7. The van der Waals surface area contributed by atoms with E-state index in [4.69, 9.17) is 5.73 Å². The molecule has 74 valence electrons. The Kier molecular flexibility index (Phi) is 2.76. The van der Waals surface area contributed by atoms with Crippen molar-refractivity contribution in [3.05, 3.63) is 28.4 Å². The normalized spacial score (nSPS) is 12.1. The molecule has 0 spiro atoms. The Morgan fingerprint density at radius 1 is 1.64 bits per heavy atom. The maximum Gasteiger partial charge on any atom is 0.308 e. The van der Waals surface area contributed by atoms with Crippen LogP contribution in [-0.2, 0) is 4.79 Å². The number of anilines is 1. The van der Waals surface area contributed by atoms with E-state index in [0.717, 1.165) is 0 Å². The predicted octanol–water partition coefficient (Wildman–Crippen LogP) is 0.224. The topological polar surface area (TPSA) is 90.1 Å². The second-order valence-electron chi connectivity index (χ2n) is 2.85. The first-order valence-electron chi connectivity index (χ1n) is 3.96. The fourth-order valence-electron chi connectivity index (χ4n) is 1.04. The first-order valence-corrected chi connectivity index (χ1v) is 3.96. The van der Waals surface area contributed by atoms with Gasteiger partial charge in [-0.2, -0.15) is 0 Å². The first-order chi connectivity index (χ1) is 6.56. The van der Waals surface area contributed by atoms with Crippen LogP contribution in [0.2, 0.25) is 0 Å². The molecule has 0 radical (unpaired) electrons. The van der Waals surface area contributed by atoms with E-state index in [9.17, 15) is 14.9 Å². The van der Waals surface area contributed by atoms with Crippen LogP contribution in [0.5, 0.6) is 0 Å². The molecule has 6 nitrogen and oxygen atoms in total. The largest absolute Gasteiger partial charge is 0.308 e. The number of rotatable bonds is 3. The van der Waals surface area contributed by atoms with E-state index in [1.165, 1.54) is 22.9 Å². The third-order valence-corrected chi connectivity index (χ3v) is 1.84. The molecule has 1 rings (SSSR count). The Labute approximate surface area is 80.1 Å². The van der Waals surface area contributed by atoms with Gasteiger partial charge in [-0.3, -0.25) is 20.6 Å². The molecule has 1 atom stereocenters. The molecular weight excluding hydrogens is 186 g/mol. The third-order valence-electron chi connectivity index (χ3n) is 1.84. The zero-order valence-electron chi connectivity index (χ0n) is 7.58. The quantitative estimate of drug-likeness (QED) is 0.324. The number of nitrogens with zero attached hydrogens (tertiary/aromatic N) is 2. The summed E-state index contributed by atoms with van der Waals surface area (Å²) in [6, 6.07) is 2.19. The molecular formula is C8H10N3O3+. The second-order valence-corrected chi connectivity index (χ2v) is 2.85. The average molecular weight is 196 g/mol. The Bertz CT molecular complexity index is 378. The van der Waals surface area contributed by atoms with Gasteiger partial charge in [0.15, 0.2) is 18.5 Å². The van der Waals surface area contributed by atoms with Crippen LogP contribution in [0.15, 0.2) is 18.3 Å². The van der Waals surface area contributed by atoms with Gasteiger partial charge in [-0.15, -0.1) is 0 Å². The van der Waals surface area contributed by atoms with Crippen LogP contribution in [-0.4, -0.2) is 11.2 Å². The summed E-state index contributed by atoms with van der Waals surface area (Å²) in [5.74, 6) is 0.315. The van der Waals surface area contributed by atoms with Crippen molar-refractivity contribution < 1.29 is 14.3 Å². The number of pyridine rings is 1. The van der Waals surface area contributed by atoms with E-state index in [-0.39, 0.29) is 5.69 Å². The summed E-state index contributed by atoms with van der Waals surface area (Å²) in [5.41, 5.74) is 5.46. The Balaban J connectivity index is 3.20. The van der Waals surface area contributed by atoms with Crippen molar-refractivity contribution in [3.63, 3.8) is 0 Å². The molecule has 0 amide bonds. The van der Waals surface area contributed by atoms with Gasteiger partial charge < -0.3 is 0 Å². The third kappa shape index (κ3) is 1.85. The second kappa shape index (κ2) is 3.82. The van der Waals surface area contributed by atoms with Crippen molar-refractivity contribution in [2.75, 3.05) is 5.73 Å². The molecule has 0 aliphatic heterocycles. The van der Waals surface area contributed by atoms with Crippen LogP contribution in [0.25, 0.3) is 0 Å². The molecule has 0 aliphatic carbocycles. The van der Waals surface area contributed by atoms with Gasteiger partial charge in [0.2, 0.25) is 0 Å². The highest BCUT2D eigenvalue weighted by Crippen LogP contribution is 2.10. The minimum Gasteiger partial charge on any atom is -0.299 e. The maximum atomic E-state index is 10.5. The highest BCUT2D eigenvalue weighted by molar-refractivity contribution is 5.52. The van der Waals surface area contributed by atoms with E-state index in [1.807, 2.05) is 0 Å². The molecule has 1 unspecified atom stereocenters. The molecule has 1 heterocycles. The molecule has 14 heavy (non-hydrogen) atoms. The highest BCUT2D eigenvalue weighted by atomic mass is 16.6. The smallest absolute Gasteiger partial charge is 0.299 e. The van der Waals surface area contributed by atoms with Crippen LogP contribution < -0.4 is 10.3 Å². The minimum absolute atomic E-state index is 0.0899. The molecule has 0 bridgehead atoms. The van der Waals surface area contributed by atoms with Crippen LogP contribution >= 0.6 is 0 Å². The van der Waals surface area contributed by atoms with E-state index in [1.54, 1.807) is 6.92 Å². The molecule has 1 aromatic heterocycles. The van der Waals surface area contributed by atoms with Crippen LogP contribution in [0.4, 0.5) is 11.5 Å². The standard InChI is InChI=1S/C8H9N3O3/c1-6(5-12)10-4-7(11(13)14)2-3-8(10)9/h2-6,9H,1H3/p+1. The molecule has 0 saturated heterocycles. The summed E-state index contributed by atoms with van der Waals surface area (Å²) in [5, 5.41) is 10.4. The van der Waals surface area contributed by atoms with Crippen LogP contribution in [0.1, 0.15) is 13.0 Å². The van der Waals surface area contributed by atoms with Gasteiger partial charge in [-0.25, -0.2) is 4.57 Å². The molecule has 6 heteroatoms. The average Bonchev–Trinajstić information content (AvgIpc) is 2.17. The lowest BCUT2D eigenvalue weighted by Gasteiger charge is -2.04. The molecule has 2 N–H and O–H groups in total.